The maximum absolute atomic E-state index is 12.7. The summed E-state index contributed by atoms with van der Waals surface area (Å²) in [6, 6.07) is 3.46. The van der Waals surface area contributed by atoms with Crippen molar-refractivity contribution in [2.45, 2.75) is 12.8 Å². The lowest BCUT2D eigenvalue weighted by molar-refractivity contribution is 0.0746. The van der Waals surface area contributed by atoms with Gasteiger partial charge >= 0.3 is 0 Å². The van der Waals surface area contributed by atoms with E-state index >= 15 is 0 Å². The Balaban J connectivity index is 1.37. The molecule has 2 aliphatic rings. The van der Waals surface area contributed by atoms with Crippen LogP contribution in [-0.2, 0) is 0 Å². The van der Waals surface area contributed by atoms with Crippen molar-refractivity contribution in [1.29, 1.82) is 0 Å². The molecule has 2 saturated heterocycles. The number of hydrogen-bond donors (Lipinski definition) is 1. The van der Waals surface area contributed by atoms with Crippen molar-refractivity contribution in [3.8, 4) is 0 Å². The van der Waals surface area contributed by atoms with Crippen LogP contribution in [0.3, 0.4) is 0 Å². The molecule has 2 aromatic rings. The Kier molecular flexibility index (Phi) is 4.55. The van der Waals surface area contributed by atoms with Crippen LogP contribution in [0.15, 0.2) is 30.7 Å². The predicted molar refractivity (Wildman–Crippen MR) is 96.1 cm³/mol. The largest absolute Gasteiger partial charge is 0.356 e. The third-order valence-electron chi connectivity index (χ3n) is 4.96. The van der Waals surface area contributed by atoms with Gasteiger partial charge in [-0.15, -0.1) is 0 Å². The molecule has 0 spiro atoms. The second-order valence-corrected chi connectivity index (χ2v) is 6.63. The van der Waals surface area contributed by atoms with Gasteiger partial charge in [-0.25, -0.2) is 9.97 Å². The molecular weight excluding hydrogens is 332 g/mol. The zero-order chi connectivity index (χ0) is 17.9. The number of rotatable bonds is 3. The smallest absolute Gasteiger partial charge is 0.270 e. The number of hydrogen-bond acceptors (Lipinski definition) is 5. The van der Waals surface area contributed by atoms with Crippen molar-refractivity contribution < 1.29 is 9.59 Å². The van der Waals surface area contributed by atoms with E-state index in [0.717, 1.165) is 25.9 Å². The van der Waals surface area contributed by atoms with E-state index in [-0.39, 0.29) is 11.8 Å². The molecule has 0 bridgehead atoms. The maximum Gasteiger partial charge on any atom is 0.270 e. The third kappa shape index (κ3) is 3.26. The quantitative estimate of drug-likeness (QED) is 0.889. The number of aromatic amines is 1. The lowest BCUT2D eigenvalue weighted by atomic mass is 10.2. The molecule has 2 aliphatic heterocycles. The van der Waals surface area contributed by atoms with Gasteiger partial charge in [0.05, 0.1) is 5.56 Å². The van der Waals surface area contributed by atoms with E-state index in [9.17, 15) is 9.59 Å². The molecule has 0 aliphatic carbocycles. The molecule has 1 N–H and O–H groups in total. The number of amides is 2. The Morgan fingerprint density at radius 1 is 0.885 bits per heavy atom. The summed E-state index contributed by atoms with van der Waals surface area (Å²) in [7, 11) is 0. The van der Waals surface area contributed by atoms with E-state index in [1.807, 2.05) is 9.80 Å². The van der Waals surface area contributed by atoms with Crippen LogP contribution in [0.25, 0.3) is 0 Å². The number of likely N-dealkylation sites (tertiary alicyclic amines) is 1. The summed E-state index contributed by atoms with van der Waals surface area (Å²) in [5, 5.41) is 0. The van der Waals surface area contributed by atoms with E-state index in [4.69, 9.17) is 0 Å². The molecule has 0 atom stereocenters. The summed E-state index contributed by atoms with van der Waals surface area (Å²) < 4.78 is 0. The summed E-state index contributed by atoms with van der Waals surface area (Å²) in [5.41, 5.74) is 1.03. The van der Waals surface area contributed by atoms with Crippen LogP contribution in [0.1, 0.15) is 33.7 Å². The van der Waals surface area contributed by atoms with E-state index in [2.05, 4.69) is 19.9 Å². The highest BCUT2D eigenvalue weighted by atomic mass is 16.2. The second kappa shape index (κ2) is 7.15. The van der Waals surface area contributed by atoms with Crippen LogP contribution in [-0.4, -0.2) is 75.8 Å². The summed E-state index contributed by atoms with van der Waals surface area (Å²) in [6.07, 6.45) is 7.18. The number of anilines is 1. The minimum Gasteiger partial charge on any atom is -0.356 e. The van der Waals surface area contributed by atoms with E-state index in [1.165, 1.54) is 0 Å². The highest BCUT2D eigenvalue weighted by Gasteiger charge is 2.26. The Bertz CT molecular complexity index is 776. The molecule has 4 heterocycles. The first-order valence-corrected chi connectivity index (χ1v) is 9.01. The lowest BCUT2D eigenvalue weighted by Crippen LogP contribution is -2.49. The fourth-order valence-corrected chi connectivity index (χ4v) is 3.48. The van der Waals surface area contributed by atoms with Crippen molar-refractivity contribution in [1.82, 2.24) is 24.8 Å². The molecule has 136 valence electrons. The molecule has 0 radical (unpaired) electrons. The van der Waals surface area contributed by atoms with Gasteiger partial charge in [-0.3, -0.25) is 9.59 Å². The highest BCUT2D eigenvalue weighted by molar-refractivity contribution is 5.99. The highest BCUT2D eigenvalue weighted by Crippen LogP contribution is 2.16. The predicted octanol–water partition coefficient (Wildman–Crippen LogP) is 1.00. The van der Waals surface area contributed by atoms with Crippen LogP contribution in [0.4, 0.5) is 5.95 Å². The maximum atomic E-state index is 12.7. The van der Waals surface area contributed by atoms with Gasteiger partial charge in [0.25, 0.3) is 11.8 Å². The van der Waals surface area contributed by atoms with Gasteiger partial charge in [-0.1, -0.05) is 0 Å². The standard InChI is InChI=1S/C18H22N6O2/c25-16(14-12-15(21-13-14)17(26)22-6-1-2-7-22)23-8-10-24(11-9-23)18-19-4-3-5-20-18/h3-5,12-13,21H,1-2,6-11H2. The zero-order valence-corrected chi connectivity index (χ0v) is 14.6. The molecular formula is C18H22N6O2. The molecule has 0 unspecified atom stereocenters. The summed E-state index contributed by atoms with van der Waals surface area (Å²) in [5.74, 6) is 0.627. The minimum atomic E-state index is -0.0460. The van der Waals surface area contributed by atoms with Gasteiger partial charge in [0.1, 0.15) is 5.69 Å². The zero-order valence-electron chi connectivity index (χ0n) is 14.6. The Hall–Kier alpha value is -2.90. The van der Waals surface area contributed by atoms with E-state index in [1.54, 1.807) is 30.7 Å². The molecule has 8 heteroatoms. The van der Waals surface area contributed by atoms with Gasteiger partial charge in [0, 0.05) is 57.9 Å². The molecule has 4 rings (SSSR count). The average molecular weight is 354 g/mol. The molecule has 0 saturated carbocycles. The fraction of sp³-hybridized carbons (Fsp3) is 0.444. The monoisotopic (exact) mass is 354 g/mol. The molecule has 2 fully saturated rings. The van der Waals surface area contributed by atoms with Crippen molar-refractivity contribution in [3.05, 3.63) is 42.0 Å². The SMILES string of the molecule is O=C(c1c[nH]c(C(=O)N2CCCC2)c1)N1CCN(c2ncccn2)CC1. The molecule has 0 aromatic carbocycles. The summed E-state index contributed by atoms with van der Waals surface area (Å²) in [6.45, 7) is 4.20. The summed E-state index contributed by atoms with van der Waals surface area (Å²) in [4.78, 5) is 42.3. The van der Waals surface area contributed by atoms with Crippen LogP contribution in [0.2, 0.25) is 0 Å². The number of piperazine rings is 1. The first-order valence-electron chi connectivity index (χ1n) is 9.01. The Labute approximate surface area is 151 Å². The number of nitrogens with zero attached hydrogens (tertiary/aromatic N) is 5. The Morgan fingerprint density at radius 2 is 1.54 bits per heavy atom. The summed E-state index contributed by atoms with van der Waals surface area (Å²) >= 11 is 0. The molecule has 2 amide bonds. The number of H-pyrrole nitrogens is 1. The lowest BCUT2D eigenvalue weighted by Gasteiger charge is -2.34. The molecule has 2 aromatic heterocycles. The van der Waals surface area contributed by atoms with E-state index in [0.29, 0.717) is 43.4 Å². The van der Waals surface area contributed by atoms with Crippen LogP contribution in [0.5, 0.6) is 0 Å². The van der Waals surface area contributed by atoms with Crippen molar-refractivity contribution in [2.75, 3.05) is 44.2 Å². The fourth-order valence-electron chi connectivity index (χ4n) is 3.48. The van der Waals surface area contributed by atoms with Crippen molar-refractivity contribution in [3.63, 3.8) is 0 Å². The van der Waals surface area contributed by atoms with Crippen LogP contribution >= 0.6 is 0 Å². The van der Waals surface area contributed by atoms with Gasteiger partial charge in [0.15, 0.2) is 0 Å². The number of carbonyl (C=O) groups is 2. The topological polar surface area (TPSA) is 85.4 Å². The van der Waals surface area contributed by atoms with Gasteiger partial charge in [-0.05, 0) is 25.0 Å². The van der Waals surface area contributed by atoms with Gasteiger partial charge in [0.2, 0.25) is 5.95 Å². The molecule has 8 nitrogen and oxygen atoms in total. The normalized spacial score (nSPS) is 17.6. The third-order valence-corrected chi connectivity index (χ3v) is 4.96. The molecule has 26 heavy (non-hydrogen) atoms. The Morgan fingerprint density at radius 3 is 2.23 bits per heavy atom. The second-order valence-electron chi connectivity index (χ2n) is 6.63. The van der Waals surface area contributed by atoms with Crippen LogP contribution in [0, 0.1) is 0 Å². The van der Waals surface area contributed by atoms with Crippen molar-refractivity contribution in [2.24, 2.45) is 0 Å². The first-order chi connectivity index (χ1) is 12.7. The van der Waals surface area contributed by atoms with Gasteiger partial charge in [-0.2, -0.15) is 0 Å². The van der Waals surface area contributed by atoms with E-state index < -0.39 is 0 Å². The first kappa shape index (κ1) is 16.6. The number of carbonyl (C=O) groups excluding carboxylic acids is 2. The minimum absolute atomic E-state index is 0.0207. The van der Waals surface area contributed by atoms with Crippen LogP contribution < -0.4 is 4.90 Å². The van der Waals surface area contributed by atoms with Crippen molar-refractivity contribution >= 4 is 17.8 Å². The number of nitrogens with one attached hydrogen (secondary N) is 1. The number of aromatic nitrogens is 3. The average Bonchev–Trinajstić information content (AvgIpc) is 3.40. The van der Waals surface area contributed by atoms with Gasteiger partial charge < -0.3 is 19.7 Å².